The van der Waals surface area contributed by atoms with Gasteiger partial charge in [-0.05, 0) is 17.5 Å². The van der Waals surface area contributed by atoms with Gasteiger partial charge in [0.2, 0.25) is 5.91 Å². The molecule has 1 fully saturated rings. The second kappa shape index (κ2) is 12.1. The Hall–Kier alpha value is -3.93. The van der Waals surface area contributed by atoms with Gasteiger partial charge in [0, 0.05) is 6.04 Å². The number of hydrogen-bond acceptors (Lipinski definition) is 4. The van der Waals surface area contributed by atoms with E-state index < -0.39 is 71.0 Å². The first-order valence-electron chi connectivity index (χ1n) is 12.1. The Morgan fingerprint density at radius 2 is 1.35 bits per heavy atom. The summed E-state index contributed by atoms with van der Waals surface area (Å²) in [4.78, 5) is 26.1. The van der Waals surface area contributed by atoms with Crippen LogP contribution in [0, 0.1) is 29.2 Å². The molecule has 3 aromatic rings. The first-order chi connectivity index (χ1) is 19.0. The van der Waals surface area contributed by atoms with Crippen LogP contribution in [-0.4, -0.2) is 24.5 Å². The van der Waals surface area contributed by atoms with Crippen LogP contribution < -0.4 is 4.90 Å². The zero-order valence-electron chi connectivity index (χ0n) is 20.7. The summed E-state index contributed by atoms with van der Waals surface area (Å²) in [6.07, 6.45) is -6.66. The van der Waals surface area contributed by atoms with Crippen LogP contribution in [0.5, 0.6) is 0 Å². The van der Waals surface area contributed by atoms with Crippen LogP contribution in [0.25, 0.3) is 0 Å². The molecule has 1 aliphatic heterocycles. The van der Waals surface area contributed by atoms with Crippen LogP contribution in [-0.2, 0) is 38.5 Å². The van der Waals surface area contributed by atoms with Gasteiger partial charge in [-0.2, -0.15) is 13.2 Å². The molecular formula is C28H22F7NO4. The summed E-state index contributed by atoms with van der Waals surface area (Å²) in [6, 6.07) is 15.8. The molecule has 0 radical (unpaired) electrons. The molecule has 0 spiro atoms. The van der Waals surface area contributed by atoms with Gasteiger partial charge in [-0.3, -0.25) is 9.59 Å². The molecular weight excluding hydrogens is 547 g/mol. The van der Waals surface area contributed by atoms with E-state index in [1.165, 1.54) is 0 Å². The molecule has 0 aromatic heterocycles. The zero-order chi connectivity index (χ0) is 29.0. The third kappa shape index (κ3) is 6.27. The van der Waals surface area contributed by atoms with E-state index in [-0.39, 0.29) is 31.1 Å². The maximum atomic E-state index is 14.9. The predicted octanol–water partition coefficient (Wildman–Crippen LogP) is 6.33. The highest BCUT2D eigenvalue weighted by Gasteiger charge is 2.48. The van der Waals surface area contributed by atoms with Crippen molar-refractivity contribution in [3.05, 3.63) is 101 Å². The lowest BCUT2D eigenvalue weighted by Crippen LogP contribution is -2.38. The van der Waals surface area contributed by atoms with Crippen LogP contribution in [0.2, 0.25) is 0 Å². The lowest BCUT2D eigenvalue weighted by atomic mass is 10.0. The summed E-state index contributed by atoms with van der Waals surface area (Å²) < 4.78 is 109. The summed E-state index contributed by atoms with van der Waals surface area (Å²) in [7, 11) is 0. The van der Waals surface area contributed by atoms with E-state index in [1.807, 2.05) is 0 Å². The summed E-state index contributed by atoms with van der Waals surface area (Å²) >= 11 is 0. The Bertz CT molecular complexity index is 1340. The number of carbonyl (C=O) groups excluding carboxylic acids is 2. The number of esters is 1. The number of ether oxygens (including phenoxy) is 2. The fourth-order valence-electron chi connectivity index (χ4n) is 4.48. The first-order valence-corrected chi connectivity index (χ1v) is 12.1. The average Bonchev–Trinajstić information content (AvgIpc) is 3.21. The van der Waals surface area contributed by atoms with Crippen molar-refractivity contribution in [2.75, 3.05) is 11.5 Å². The van der Waals surface area contributed by atoms with Crippen LogP contribution in [0.4, 0.5) is 36.4 Å². The Labute approximate surface area is 224 Å². The van der Waals surface area contributed by atoms with Crippen LogP contribution >= 0.6 is 0 Å². The number of rotatable bonds is 9. The fraction of sp³-hybridized carbons (Fsp3) is 0.286. The maximum absolute atomic E-state index is 14.9. The number of halogens is 7. The predicted molar refractivity (Wildman–Crippen MR) is 128 cm³/mol. The number of hydrogen-bond donors (Lipinski definition) is 0. The quantitative estimate of drug-likeness (QED) is 0.172. The largest absolute Gasteiger partial charge is 0.461 e. The molecule has 0 N–H and O–H groups in total. The van der Waals surface area contributed by atoms with Gasteiger partial charge < -0.3 is 14.4 Å². The van der Waals surface area contributed by atoms with Crippen molar-refractivity contribution >= 4 is 17.6 Å². The molecule has 2 atom stereocenters. The third-order valence-electron chi connectivity index (χ3n) is 6.35. The SMILES string of the molecule is O=C(CC1CC(COCc2ccccc2)C(=O)N1c1c(F)c(F)c(C(F)(F)F)c(F)c1F)OCc1ccccc1. The molecule has 1 aliphatic rings. The lowest BCUT2D eigenvalue weighted by Gasteiger charge is -2.26. The summed E-state index contributed by atoms with van der Waals surface area (Å²) in [5.41, 5.74) is -3.06. The number of alkyl halides is 3. The molecule has 0 saturated carbocycles. The highest BCUT2D eigenvalue weighted by atomic mass is 19.4. The standard InChI is InChI=1S/C28H22F7NO4/c29-22-21(28(33,34)35)23(30)25(32)26(24(22)31)36-19(12-20(37)40-14-17-9-5-2-6-10-17)11-18(27(36)38)15-39-13-16-7-3-1-4-8-16/h1-10,18-19H,11-15H2. The van der Waals surface area contributed by atoms with E-state index in [2.05, 4.69) is 0 Å². The van der Waals surface area contributed by atoms with Gasteiger partial charge in [0.25, 0.3) is 0 Å². The van der Waals surface area contributed by atoms with Gasteiger partial charge in [0.1, 0.15) is 17.9 Å². The number of benzene rings is 3. The molecule has 0 bridgehead atoms. The molecule has 4 rings (SSSR count). The van der Waals surface area contributed by atoms with Crippen molar-refractivity contribution in [3.63, 3.8) is 0 Å². The van der Waals surface area contributed by atoms with Crippen molar-refractivity contribution in [1.82, 2.24) is 0 Å². The minimum atomic E-state index is -5.75. The van der Waals surface area contributed by atoms with Gasteiger partial charge in [-0.25, -0.2) is 17.6 Å². The zero-order valence-corrected chi connectivity index (χ0v) is 20.7. The Morgan fingerprint density at radius 3 is 1.88 bits per heavy atom. The minimum Gasteiger partial charge on any atom is -0.461 e. The van der Waals surface area contributed by atoms with Crippen molar-refractivity contribution in [2.45, 2.75) is 38.3 Å². The van der Waals surface area contributed by atoms with Crippen LogP contribution in [0.3, 0.4) is 0 Å². The monoisotopic (exact) mass is 569 g/mol. The van der Waals surface area contributed by atoms with E-state index in [0.717, 1.165) is 5.56 Å². The van der Waals surface area contributed by atoms with Gasteiger partial charge in [0.05, 0.1) is 25.6 Å². The normalized spacial score (nSPS) is 17.4. The maximum Gasteiger partial charge on any atom is 0.422 e. The smallest absolute Gasteiger partial charge is 0.422 e. The van der Waals surface area contributed by atoms with Gasteiger partial charge >= 0.3 is 12.1 Å². The molecule has 1 amide bonds. The molecule has 3 aromatic carbocycles. The number of carbonyl (C=O) groups is 2. The third-order valence-corrected chi connectivity index (χ3v) is 6.35. The van der Waals surface area contributed by atoms with Crippen molar-refractivity contribution < 1.29 is 49.8 Å². The molecule has 40 heavy (non-hydrogen) atoms. The van der Waals surface area contributed by atoms with E-state index in [4.69, 9.17) is 9.47 Å². The molecule has 0 aliphatic carbocycles. The van der Waals surface area contributed by atoms with Crippen LogP contribution in [0.15, 0.2) is 60.7 Å². The van der Waals surface area contributed by atoms with E-state index in [1.54, 1.807) is 60.7 Å². The van der Waals surface area contributed by atoms with Gasteiger partial charge in [0.15, 0.2) is 23.3 Å². The minimum absolute atomic E-state index is 0.0562. The number of amides is 1. The lowest BCUT2D eigenvalue weighted by molar-refractivity contribution is -0.145. The number of nitrogens with zero attached hydrogens (tertiary/aromatic N) is 1. The average molecular weight is 569 g/mol. The highest BCUT2D eigenvalue weighted by Crippen LogP contribution is 2.42. The first kappa shape index (κ1) is 29.1. The van der Waals surface area contributed by atoms with Crippen molar-refractivity contribution in [3.8, 4) is 0 Å². The molecule has 1 heterocycles. The molecule has 2 unspecified atom stereocenters. The second-order valence-corrected chi connectivity index (χ2v) is 9.12. The topological polar surface area (TPSA) is 55.8 Å². The molecule has 1 saturated heterocycles. The Balaban J connectivity index is 1.61. The summed E-state index contributed by atoms with van der Waals surface area (Å²) in [5, 5.41) is 0. The second-order valence-electron chi connectivity index (χ2n) is 9.12. The van der Waals surface area contributed by atoms with E-state index in [0.29, 0.717) is 5.56 Å². The summed E-state index contributed by atoms with van der Waals surface area (Å²) in [6.45, 7) is -0.411. The van der Waals surface area contributed by atoms with Gasteiger partial charge in [-0.1, -0.05) is 60.7 Å². The Morgan fingerprint density at radius 1 is 0.825 bits per heavy atom. The van der Waals surface area contributed by atoms with E-state index in [9.17, 15) is 40.3 Å². The summed E-state index contributed by atoms with van der Waals surface area (Å²) in [5.74, 6) is -13.3. The van der Waals surface area contributed by atoms with Crippen molar-refractivity contribution in [1.29, 1.82) is 0 Å². The van der Waals surface area contributed by atoms with Crippen molar-refractivity contribution in [2.24, 2.45) is 5.92 Å². The fourth-order valence-corrected chi connectivity index (χ4v) is 4.48. The van der Waals surface area contributed by atoms with Crippen LogP contribution in [0.1, 0.15) is 29.5 Å². The highest BCUT2D eigenvalue weighted by molar-refractivity contribution is 5.99. The number of anilines is 1. The molecule has 12 heteroatoms. The van der Waals surface area contributed by atoms with Gasteiger partial charge in [-0.15, -0.1) is 0 Å². The Kier molecular flexibility index (Phi) is 8.77. The van der Waals surface area contributed by atoms with E-state index >= 15 is 0 Å². The molecule has 212 valence electrons. The molecule has 5 nitrogen and oxygen atoms in total.